The molecule has 5 heteroatoms. The molecule has 1 heterocycles. The molecule has 0 bridgehead atoms. The van der Waals surface area contributed by atoms with Crippen molar-refractivity contribution in [2.24, 2.45) is 5.41 Å². The summed E-state index contributed by atoms with van der Waals surface area (Å²) in [4.78, 5) is 24.9. The molecule has 0 aromatic rings. The van der Waals surface area contributed by atoms with Crippen LogP contribution in [0.3, 0.4) is 0 Å². The summed E-state index contributed by atoms with van der Waals surface area (Å²) >= 11 is 0. The minimum absolute atomic E-state index is 0.00670. The first kappa shape index (κ1) is 12.9. The summed E-state index contributed by atoms with van der Waals surface area (Å²) < 4.78 is 0. The van der Waals surface area contributed by atoms with E-state index in [-0.39, 0.29) is 18.4 Å². The highest BCUT2D eigenvalue weighted by Crippen LogP contribution is 2.40. The van der Waals surface area contributed by atoms with Gasteiger partial charge >= 0.3 is 5.97 Å². The van der Waals surface area contributed by atoms with Gasteiger partial charge < -0.3 is 10.0 Å². The van der Waals surface area contributed by atoms with Crippen molar-refractivity contribution in [1.29, 1.82) is 5.26 Å². The lowest BCUT2D eigenvalue weighted by Crippen LogP contribution is -2.45. The van der Waals surface area contributed by atoms with E-state index in [1.54, 1.807) is 4.90 Å². The van der Waals surface area contributed by atoms with E-state index in [1.807, 2.05) is 0 Å². The van der Waals surface area contributed by atoms with Crippen LogP contribution >= 0.6 is 0 Å². The van der Waals surface area contributed by atoms with Gasteiger partial charge in [0.25, 0.3) is 0 Å². The van der Waals surface area contributed by atoms with Crippen molar-refractivity contribution < 1.29 is 14.7 Å². The molecular formula is C13H18N2O3. The largest absolute Gasteiger partial charge is 0.481 e. The molecule has 0 aromatic carbocycles. The van der Waals surface area contributed by atoms with Crippen LogP contribution in [0, 0.1) is 16.7 Å². The summed E-state index contributed by atoms with van der Waals surface area (Å²) in [5.74, 6) is -1.01. The Bertz CT molecular complexity index is 394. The van der Waals surface area contributed by atoms with Gasteiger partial charge in [-0.1, -0.05) is 12.8 Å². The highest BCUT2D eigenvalue weighted by molar-refractivity contribution is 5.86. The molecule has 0 radical (unpaired) electrons. The lowest BCUT2D eigenvalue weighted by Gasteiger charge is -2.30. The van der Waals surface area contributed by atoms with Gasteiger partial charge in [-0.05, 0) is 25.7 Å². The molecule has 1 aliphatic carbocycles. The van der Waals surface area contributed by atoms with Gasteiger partial charge in [-0.3, -0.25) is 9.59 Å². The van der Waals surface area contributed by atoms with Gasteiger partial charge in [-0.2, -0.15) is 5.26 Å². The van der Waals surface area contributed by atoms with Crippen LogP contribution in [0.25, 0.3) is 0 Å². The van der Waals surface area contributed by atoms with E-state index in [4.69, 9.17) is 5.11 Å². The maximum atomic E-state index is 12.5. The molecule has 2 rings (SSSR count). The van der Waals surface area contributed by atoms with Crippen LogP contribution in [0.2, 0.25) is 0 Å². The lowest BCUT2D eigenvalue weighted by atomic mass is 9.86. The first-order valence-corrected chi connectivity index (χ1v) is 6.53. The Morgan fingerprint density at radius 2 is 2.00 bits per heavy atom. The Kier molecular flexibility index (Phi) is 3.55. The van der Waals surface area contributed by atoms with Crippen LogP contribution in [-0.2, 0) is 9.59 Å². The van der Waals surface area contributed by atoms with Gasteiger partial charge in [0.2, 0.25) is 5.91 Å². The van der Waals surface area contributed by atoms with Crippen molar-refractivity contribution in [2.75, 3.05) is 6.54 Å². The SMILES string of the molecule is N#CC1(C(=O)N2CCCC2CC(=O)O)CCCC1. The minimum Gasteiger partial charge on any atom is -0.481 e. The molecule has 0 aromatic heterocycles. The maximum absolute atomic E-state index is 12.5. The highest BCUT2D eigenvalue weighted by Gasteiger charge is 2.46. The number of rotatable bonds is 3. The number of amides is 1. The molecule has 18 heavy (non-hydrogen) atoms. The summed E-state index contributed by atoms with van der Waals surface area (Å²) in [7, 11) is 0. The fourth-order valence-electron chi connectivity index (χ4n) is 3.14. The van der Waals surface area contributed by atoms with Crippen molar-refractivity contribution >= 4 is 11.9 Å². The molecule has 1 unspecified atom stereocenters. The summed E-state index contributed by atoms with van der Waals surface area (Å²) in [5.41, 5.74) is -0.874. The van der Waals surface area contributed by atoms with Crippen LogP contribution in [0.4, 0.5) is 0 Å². The fourth-order valence-corrected chi connectivity index (χ4v) is 3.14. The van der Waals surface area contributed by atoms with Crippen molar-refractivity contribution in [3.63, 3.8) is 0 Å². The highest BCUT2D eigenvalue weighted by atomic mass is 16.4. The molecule has 98 valence electrons. The Morgan fingerprint density at radius 3 is 2.56 bits per heavy atom. The number of likely N-dealkylation sites (tertiary alicyclic amines) is 1. The molecule has 1 aliphatic heterocycles. The first-order valence-electron chi connectivity index (χ1n) is 6.53. The maximum Gasteiger partial charge on any atom is 0.305 e. The van der Waals surface area contributed by atoms with Gasteiger partial charge in [0.1, 0.15) is 5.41 Å². The number of nitriles is 1. The second kappa shape index (κ2) is 4.97. The molecule has 5 nitrogen and oxygen atoms in total. The second-order valence-corrected chi connectivity index (χ2v) is 5.29. The van der Waals surface area contributed by atoms with Crippen LogP contribution in [0.5, 0.6) is 0 Å². The number of carbonyl (C=O) groups is 2. The van der Waals surface area contributed by atoms with Gasteiger partial charge in [-0.25, -0.2) is 0 Å². The van der Waals surface area contributed by atoms with E-state index >= 15 is 0 Å². The zero-order chi connectivity index (χ0) is 13.2. The molecule has 2 aliphatic rings. The fraction of sp³-hybridized carbons (Fsp3) is 0.769. The number of carboxylic acids is 1. The second-order valence-electron chi connectivity index (χ2n) is 5.29. The standard InChI is InChI=1S/C13H18N2O3/c14-9-13(5-1-2-6-13)12(18)15-7-3-4-10(15)8-11(16)17/h10H,1-8H2,(H,16,17). The Balaban J connectivity index is 2.12. The zero-order valence-corrected chi connectivity index (χ0v) is 10.4. The molecule has 1 N–H and O–H groups in total. The predicted octanol–water partition coefficient (Wildman–Crippen LogP) is 1.54. The monoisotopic (exact) mass is 250 g/mol. The summed E-state index contributed by atoms with van der Waals surface area (Å²) in [6.07, 6.45) is 4.64. The van der Waals surface area contributed by atoms with E-state index in [0.717, 1.165) is 25.7 Å². The minimum atomic E-state index is -0.878. The third-order valence-corrected chi connectivity index (χ3v) is 4.13. The van der Waals surface area contributed by atoms with Crippen LogP contribution < -0.4 is 0 Å². The Hall–Kier alpha value is -1.57. The summed E-state index contributed by atoms with van der Waals surface area (Å²) in [6, 6.07) is 1.97. The number of nitrogens with zero attached hydrogens (tertiary/aromatic N) is 2. The molecule has 0 spiro atoms. The number of hydrogen-bond donors (Lipinski definition) is 1. The molecular weight excluding hydrogens is 232 g/mol. The summed E-state index contributed by atoms with van der Waals surface area (Å²) in [6.45, 7) is 0.597. The normalized spacial score (nSPS) is 25.9. The van der Waals surface area contributed by atoms with Crippen LogP contribution in [0.1, 0.15) is 44.9 Å². The van der Waals surface area contributed by atoms with E-state index in [9.17, 15) is 14.9 Å². The molecule has 1 amide bonds. The third-order valence-electron chi connectivity index (χ3n) is 4.13. The lowest BCUT2D eigenvalue weighted by molar-refractivity contribution is -0.143. The molecule has 1 saturated carbocycles. The average molecular weight is 250 g/mol. The van der Waals surface area contributed by atoms with E-state index in [1.165, 1.54) is 0 Å². The number of carbonyl (C=O) groups excluding carboxylic acids is 1. The van der Waals surface area contributed by atoms with Gasteiger partial charge in [0.05, 0.1) is 12.5 Å². The zero-order valence-electron chi connectivity index (χ0n) is 10.4. The molecule has 1 saturated heterocycles. The smallest absolute Gasteiger partial charge is 0.305 e. The van der Waals surface area contributed by atoms with Gasteiger partial charge in [0.15, 0.2) is 0 Å². The van der Waals surface area contributed by atoms with E-state index in [2.05, 4.69) is 6.07 Å². The van der Waals surface area contributed by atoms with Crippen molar-refractivity contribution in [1.82, 2.24) is 4.90 Å². The van der Waals surface area contributed by atoms with Crippen molar-refractivity contribution in [3.8, 4) is 6.07 Å². The van der Waals surface area contributed by atoms with Crippen molar-refractivity contribution in [2.45, 2.75) is 51.0 Å². The van der Waals surface area contributed by atoms with E-state index < -0.39 is 11.4 Å². The Labute approximate surface area is 106 Å². The van der Waals surface area contributed by atoms with Gasteiger partial charge in [0, 0.05) is 12.6 Å². The first-order chi connectivity index (χ1) is 8.59. The number of aliphatic carboxylic acids is 1. The van der Waals surface area contributed by atoms with Crippen LogP contribution in [-0.4, -0.2) is 34.5 Å². The average Bonchev–Trinajstić information content (AvgIpc) is 2.96. The molecule has 2 fully saturated rings. The van der Waals surface area contributed by atoms with E-state index in [0.29, 0.717) is 19.4 Å². The number of hydrogen-bond acceptors (Lipinski definition) is 3. The quantitative estimate of drug-likeness (QED) is 0.823. The van der Waals surface area contributed by atoms with Crippen LogP contribution in [0.15, 0.2) is 0 Å². The molecule has 1 atom stereocenters. The van der Waals surface area contributed by atoms with Gasteiger partial charge in [-0.15, -0.1) is 0 Å². The summed E-state index contributed by atoms with van der Waals surface area (Å²) in [5, 5.41) is 18.2. The topological polar surface area (TPSA) is 81.4 Å². The number of carboxylic acid groups (broad SMARTS) is 1. The van der Waals surface area contributed by atoms with Crippen molar-refractivity contribution in [3.05, 3.63) is 0 Å². The third kappa shape index (κ3) is 2.20. The Morgan fingerprint density at radius 1 is 1.33 bits per heavy atom. The predicted molar refractivity (Wildman–Crippen MR) is 63.5 cm³/mol.